The van der Waals surface area contributed by atoms with E-state index in [1.807, 2.05) is 11.7 Å². The first-order chi connectivity index (χ1) is 10.2. The Hall–Kier alpha value is -1.03. The normalized spacial score (nSPS) is 23.6. The number of halogens is 1. The quantitative estimate of drug-likeness (QED) is 0.629. The number of rotatable bonds is 3. The van der Waals surface area contributed by atoms with Crippen LogP contribution in [0.5, 0.6) is 0 Å². The number of hydrogen-bond donors (Lipinski definition) is 0. The van der Waals surface area contributed by atoms with E-state index in [9.17, 15) is 0 Å². The van der Waals surface area contributed by atoms with Crippen molar-refractivity contribution in [2.75, 3.05) is 0 Å². The van der Waals surface area contributed by atoms with Crippen molar-refractivity contribution in [3.05, 3.63) is 11.5 Å². The molecule has 0 saturated heterocycles. The summed E-state index contributed by atoms with van der Waals surface area (Å²) in [7, 11) is 2.03. The molecule has 2 unspecified atom stereocenters. The van der Waals surface area contributed by atoms with Gasteiger partial charge in [0.2, 0.25) is 0 Å². The summed E-state index contributed by atoms with van der Waals surface area (Å²) in [6.07, 6.45) is 7.43. The van der Waals surface area contributed by atoms with E-state index in [4.69, 9.17) is 16.6 Å². The zero-order valence-electron chi connectivity index (χ0n) is 13.3. The predicted octanol–water partition coefficient (Wildman–Crippen LogP) is 4.21. The number of hydrogen-bond acceptors (Lipinski definition) is 2. The SMILES string of the molecule is CCc1nn(C)c2c1nc(CCl)n2C1CCCCCC1C. The van der Waals surface area contributed by atoms with E-state index in [-0.39, 0.29) is 0 Å². The van der Waals surface area contributed by atoms with Crippen molar-refractivity contribution in [2.45, 2.75) is 64.3 Å². The summed E-state index contributed by atoms with van der Waals surface area (Å²) >= 11 is 6.20. The van der Waals surface area contributed by atoms with Crippen LogP contribution in [0.25, 0.3) is 11.2 Å². The fourth-order valence-electron chi connectivity index (χ4n) is 3.79. The molecule has 0 bridgehead atoms. The van der Waals surface area contributed by atoms with Crippen molar-refractivity contribution in [2.24, 2.45) is 13.0 Å². The highest BCUT2D eigenvalue weighted by molar-refractivity contribution is 6.16. The lowest BCUT2D eigenvalue weighted by Crippen LogP contribution is -2.19. The molecule has 1 fully saturated rings. The molecule has 0 aliphatic heterocycles. The second-order valence-corrected chi connectivity index (χ2v) is 6.58. The Morgan fingerprint density at radius 3 is 2.71 bits per heavy atom. The fraction of sp³-hybridized carbons (Fsp3) is 0.750. The average molecular weight is 309 g/mol. The van der Waals surface area contributed by atoms with Crippen molar-refractivity contribution in [3.63, 3.8) is 0 Å². The fourth-order valence-corrected chi connectivity index (χ4v) is 3.97. The third kappa shape index (κ3) is 2.48. The van der Waals surface area contributed by atoms with Crippen LogP contribution in [0.1, 0.15) is 63.5 Å². The minimum Gasteiger partial charge on any atom is -0.309 e. The molecule has 0 N–H and O–H groups in total. The maximum atomic E-state index is 6.20. The summed E-state index contributed by atoms with van der Waals surface area (Å²) in [5.74, 6) is 2.15. The van der Waals surface area contributed by atoms with Gasteiger partial charge in [-0.3, -0.25) is 4.68 Å². The summed E-state index contributed by atoms with van der Waals surface area (Å²) in [6, 6.07) is 0.506. The van der Waals surface area contributed by atoms with Crippen molar-refractivity contribution in [3.8, 4) is 0 Å². The molecular weight excluding hydrogens is 284 g/mol. The summed E-state index contributed by atoms with van der Waals surface area (Å²) < 4.78 is 4.39. The van der Waals surface area contributed by atoms with E-state index in [2.05, 4.69) is 23.5 Å². The Morgan fingerprint density at radius 1 is 1.24 bits per heavy atom. The van der Waals surface area contributed by atoms with Gasteiger partial charge in [-0.15, -0.1) is 11.6 Å². The van der Waals surface area contributed by atoms with Crippen molar-refractivity contribution in [1.82, 2.24) is 19.3 Å². The molecule has 2 heterocycles. The van der Waals surface area contributed by atoms with Gasteiger partial charge in [0.1, 0.15) is 11.3 Å². The first-order valence-corrected chi connectivity index (χ1v) is 8.69. The molecule has 2 aromatic rings. The molecule has 4 nitrogen and oxygen atoms in total. The molecular formula is C16H25ClN4. The van der Waals surface area contributed by atoms with Gasteiger partial charge in [-0.25, -0.2) is 4.98 Å². The molecule has 3 rings (SSSR count). The predicted molar refractivity (Wildman–Crippen MR) is 86.7 cm³/mol. The Labute approximate surface area is 131 Å². The van der Waals surface area contributed by atoms with Crippen molar-refractivity contribution < 1.29 is 0 Å². The summed E-state index contributed by atoms with van der Waals surface area (Å²) in [5.41, 5.74) is 3.28. The minimum atomic E-state index is 0.473. The highest BCUT2D eigenvalue weighted by Crippen LogP contribution is 2.36. The number of nitrogens with zero attached hydrogens (tertiary/aromatic N) is 4. The number of aryl methyl sites for hydroxylation is 2. The van der Waals surface area contributed by atoms with Gasteiger partial charge in [0, 0.05) is 13.1 Å². The van der Waals surface area contributed by atoms with E-state index in [1.165, 1.54) is 32.1 Å². The minimum absolute atomic E-state index is 0.473. The van der Waals surface area contributed by atoms with E-state index in [0.29, 0.717) is 17.8 Å². The molecule has 5 heteroatoms. The molecule has 2 atom stereocenters. The van der Waals surface area contributed by atoms with Crippen LogP contribution in [0.4, 0.5) is 0 Å². The molecule has 0 radical (unpaired) electrons. The molecule has 1 aliphatic carbocycles. The van der Waals surface area contributed by atoms with Crippen LogP contribution >= 0.6 is 11.6 Å². The smallest absolute Gasteiger partial charge is 0.158 e. The average Bonchev–Trinajstić information content (AvgIpc) is 2.92. The first kappa shape index (κ1) is 14.9. The summed E-state index contributed by atoms with van der Waals surface area (Å²) in [5, 5.41) is 4.64. The van der Waals surface area contributed by atoms with Gasteiger partial charge >= 0.3 is 0 Å². The van der Waals surface area contributed by atoms with Gasteiger partial charge in [-0.2, -0.15) is 5.10 Å². The highest BCUT2D eigenvalue weighted by atomic mass is 35.5. The molecule has 0 aromatic carbocycles. The van der Waals surface area contributed by atoms with E-state index >= 15 is 0 Å². The highest BCUT2D eigenvalue weighted by Gasteiger charge is 2.28. The van der Waals surface area contributed by atoms with Crippen molar-refractivity contribution >= 4 is 22.8 Å². The van der Waals surface area contributed by atoms with Gasteiger partial charge in [-0.05, 0) is 25.2 Å². The standard InChI is InChI=1S/C16H25ClN4/c1-4-12-15-16(20(3)19-12)21(14(10-17)18-15)13-9-7-5-6-8-11(13)2/h11,13H,4-10H2,1-3H3. The van der Waals surface area contributed by atoms with E-state index in [1.54, 1.807) is 0 Å². The molecule has 116 valence electrons. The Bertz CT molecular complexity index is 628. The van der Waals surface area contributed by atoms with Gasteiger partial charge in [0.25, 0.3) is 0 Å². The van der Waals surface area contributed by atoms with E-state index < -0.39 is 0 Å². The Balaban J connectivity index is 2.17. The van der Waals surface area contributed by atoms with Gasteiger partial charge in [0.15, 0.2) is 5.65 Å². The molecule has 1 aliphatic rings. The lowest BCUT2D eigenvalue weighted by atomic mass is 9.96. The molecule has 2 aromatic heterocycles. The lowest BCUT2D eigenvalue weighted by molar-refractivity contribution is 0.331. The van der Waals surface area contributed by atoms with Crippen molar-refractivity contribution in [1.29, 1.82) is 0 Å². The maximum absolute atomic E-state index is 6.20. The number of alkyl halides is 1. The Morgan fingerprint density at radius 2 is 2.00 bits per heavy atom. The summed E-state index contributed by atoms with van der Waals surface area (Å²) in [6.45, 7) is 4.51. The number of fused-ring (bicyclic) bond motifs is 1. The molecule has 1 saturated carbocycles. The topological polar surface area (TPSA) is 35.6 Å². The zero-order valence-corrected chi connectivity index (χ0v) is 14.0. The van der Waals surface area contributed by atoms with Crippen LogP contribution in [0, 0.1) is 5.92 Å². The monoisotopic (exact) mass is 308 g/mol. The summed E-state index contributed by atoms with van der Waals surface area (Å²) in [4.78, 5) is 4.81. The van der Waals surface area contributed by atoms with Gasteiger partial charge in [-0.1, -0.05) is 33.1 Å². The van der Waals surface area contributed by atoms with Crippen LogP contribution in [0.3, 0.4) is 0 Å². The molecule has 0 spiro atoms. The van der Waals surface area contributed by atoms with Crippen LogP contribution in [-0.4, -0.2) is 19.3 Å². The second kappa shape index (κ2) is 5.99. The second-order valence-electron chi connectivity index (χ2n) is 6.31. The van der Waals surface area contributed by atoms with Gasteiger partial charge in [0.05, 0.1) is 11.6 Å². The molecule has 21 heavy (non-hydrogen) atoms. The third-order valence-corrected chi connectivity index (χ3v) is 5.15. The maximum Gasteiger partial charge on any atom is 0.158 e. The lowest BCUT2D eigenvalue weighted by Gasteiger charge is -2.25. The van der Waals surface area contributed by atoms with Crippen LogP contribution in [0.15, 0.2) is 0 Å². The zero-order chi connectivity index (χ0) is 15.0. The largest absolute Gasteiger partial charge is 0.309 e. The third-order valence-electron chi connectivity index (χ3n) is 4.91. The number of aromatic nitrogens is 4. The van der Waals surface area contributed by atoms with Crippen LogP contribution < -0.4 is 0 Å². The van der Waals surface area contributed by atoms with Crippen LogP contribution in [0.2, 0.25) is 0 Å². The van der Waals surface area contributed by atoms with E-state index in [0.717, 1.165) is 29.1 Å². The molecule has 0 amide bonds. The Kier molecular flexibility index (Phi) is 4.25. The van der Waals surface area contributed by atoms with Gasteiger partial charge < -0.3 is 4.57 Å². The number of imidazole rings is 1. The van der Waals surface area contributed by atoms with Crippen LogP contribution in [-0.2, 0) is 19.3 Å². The first-order valence-electron chi connectivity index (χ1n) is 8.16.